The SMILES string of the molecule is NC(=O)C(Cl)CC1CC2(CCC2)NC1=O. The van der Waals surface area contributed by atoms with Gasteiger partial charge in [0.2, 0.25) is 11.8 Å². The van der Waals surface area contributed by atoms with Gasteiger partial charge < -0.3 is 11.1 Å². The van der Waals surface area contributed by atoms with Crippen molar-refractivity contribution in [2.45, 2.75) is 43.0 Å². The predicted molar refractivity (Wildman–Crippen MR) is 56.3 cm³/mol. The molecule has 4 nitrogen and oxygen atoms in total. The molecule has 0 bridgehead atoms. The second kappa shape index (κ2) is 3.67. The maximum atomic E-state index is 11.6. The molecule has 0 aromatic carbocycles. The zero-order chi connectivity index (χ0) is 11.1. The summed E-state index contributed by atoms with van der Waals surface area (Å²) >= 11 is 5.76. The average Bonchev–Trinajstić information content (AvgIpc) is 2.43. The Balaban J connectivity index is 1.93. The minimum atomic E-state index is -0.726. The molecule has 2 atom stereocenters. The monoisotopic (exact) mass is 230 g/mol. The van der Waals surface area contributed by atoms with Gasteiger partial charge in [-0.25, -0.2) is 0 Å². The summed E-state index contributed by atoms with van der Waals surface area (Å²) in [5.74, 6) is -0.652. The molecule has 2 amide bonds. The fourth-order valence-electron chi connectivity index (χ4n) is 2.47. The van der Waals surface area contributed by atoms with Gasteiger partial charge in [0.05, 0.1) is 0 Å². The van der Waals surface area contributed by atoms with E-state index >= 15 is 0 Å². The highest BCUT2D eigenvalue weighted by molar-refractivity contribution is 6.30. The highest BCUT2D eigenvalue weighted by Gasteiger charge is 2.48. The molecule has 1 aliphatic heterocycles. The van der Waals surface area contributed by atoms with Crippen molar-refractivity contribution < 1.29 is 9.59 Å². The number of rotatable bonds is 3. The molecule has 2 unspecified atom stereocenters. The van der Waals surface area contributed by atoms with Gasteiger partial charge >= 0.3 is 0 Å². The summed E-state index contributed by atoms with van der Waals surface area (Å²) in [6.45, 7) is 0. The van der Waals surface area contributed by atoms with Gasteiger partial charge in [-0.3, -0.25) is 9.59 Å². The lowest BCUT2D eigenvalue weighted by Crippen LogP contribution is -2.47. The molecule has 5 heteroatoms. The van der Waals surface area contributed by atoms with E-state index in [1.54, 1.807) is 0 Å². The van der Waals surface area contributed by atoms with Crippen LogP contribution < -0.4 is 11.1 Å². The number of nitrogens with two attached hydrogens (primary N) is 1. The minimum absolute atomic E-state index is 0.0238. The molecule has 0 aromatic heterocycles. The van der Waals surface area contributed by atoms with E-state index in [0.29, 0.717) is 6.42 Å². The van der Waals surface area contributed by atoms with Crippen molar-refractivity contribution >= 4 is 23.4 Å². The first-order chi connectivity index (χ1) is 7.02. The van der Waals surface area contributed by atoms with Gasteiger partial charge in [0, 0.05) is 11.5 Å². The maximum Gasteiger partial charge on any atom is 0.235 e. The number of hydrogen-bond donors (Lipinski definition) is 2. The number of carbonyl (C=O) groups is 2. The zero-order valence-corrected chi connectivity index (χ0v) is 9.22. The van der Waals surface area contributed by atoms with Crippen molar-refractivity contribution in [2.24, 2.45) is 11.7 Å². The summed E-state index contributed by atoms with van der Waals surface area (Å²) in [6, 6.07) is 0. The number of primary amides is 1. The van der Waals surface area contributed by atoms with Crippen molar-refractivity contribution in [3.8, 4) is 0 Å². The quantitative estimate of drug-likeness (QED) is 0.695. The van der Waals surface area contributed by atoms with E-state index in [9.17, 15) is 9.59 Å². The van der Waals surface area contributed by atoms with Crippen LogP contribution in [-0.4, -0.2) is 22.7 Å². The Morgan fingerprint density at radius 1 is 1.67 bits per heavy atom. The number of carbonyl (C=O) groups excluding carboxylic acids is 2. The molecular weight excluding hydrogens is 216 g/mol. The molecule has 0 radical (unpaired) electrons. The first-order valence-electron chi connectivity index (χ1n) is 5.28. The molecule has 2 fully saturated rings. The molecule has 1 spiro atoms. The Morgan fingerprint density at radius 2 is 2.33 bits per heavy atom. The lowest BCUT2D eigenvalue weighted by atomic mass is 9.74. The van der Waals surface area contributed by atoms with Crippen LogP contribution in [0.3, 0.4) is 0 Å². The third kappa shape index (κ3) is 1.95. The fraction of sp³-hybridized carbons (Fsp3) is 0.800. The summed E-state index contributed by atoms with van der Waals surface area (Å²) in [6.07, 6.45) is 4.46. The third-order valence-corrected chi connectivity index (χ3v) is 3.90. The molecule has 1 saturated heterocycles. The maximum absolute atomic E-state index is 11.6. The van der Waals surface area contributed by atoms with Crippen molar-refractivity contribution in [2.75, 3.05) is 0 Å². The van der Waals surface area contributed by atoms with E-state index in [4.69, 9.17) is 17.3 Å². The van der Waals surface area contributed by atoms with Gasteiger partial charge in [0.1, 0.15) is 5.38 Å². The van der Waals surface area contributed by atoms with Crippen molar-refractivity contribution in [1.29, 1.82) is 0 Å². The normalized spacial score (nSPS) is 29.7. The molecule has 1 heterocycles. The Bertz CT molecular complexity index is 302. The highest BCUT2D eigenvalue weighted by Crippen LogP contribution is 2.42. The van der Waals surface area contributed by atoms with Gasteiger partial charge in [-0.15, -0.1) is 11.6 Å². The van der Waals surface area contributed by atoms with Crippen LogP contribution in [0.25, 0.3) is 0 Å². The van der Waals surface area contributed by atoms with Crippen molar-refractivity contribution in [1.82, 2.24) is 5.32 Å². The Morgan fingerprint density at radius 3 is 2.73 bits per heavy atom. The standard InChI is InChI=1S/C10H15ClN2O2/c11-7(8(12)14)4-6-5-10(2-1-3-10)13-9(6)15/h6-7H,1-5H2,(H2,12,14)(H,13,15). The van der Waals surface area contributed by atoms with E-state index in [0.717, 1.165) is 19.3 Å². The van der Waals surface area contributed by atoms with Gasteiger partial charge in [-0.05, 0) is 32.1 Å². The van der Waals surface area contributed by atoms with Crippen LogP contribution in [0, 0.1) is 5.92 Å². The minimum Gasteiger partial charge on any atom is -0.368 e. The topological polar surface area (TPSA) is 72.2 Å². The van der Waals surface area contributed by atoms with E-state index in [1.807, 2.05) is 0 Å². The number of amides is 2. The first kappa shape index (κ1) is 10.7. The Kier molecular flexibility index (Phi) is 2.63. The summed E-state index contributed by atoms with van der Waals surface area (Å²) in [5.41, 5.74) is 5.09. The first-order valence-corrected chi connectivity index (χ1v) is 5.71. The number of nitrogens with one attached hydrogen (secondary N) is 1. The number of halogens is 1. The van der Waals surface area contributed by atoms with Gasteiger partial charge in [0.25, 0.3) is 0 Å². The average molecular weight is 231 g/mol. The van der Waals surface area contributed by atoms with Crippen LogP contribution in [0.1, 0.15) is 32.1 Å². The van der Waals surface area contributed by atoms with Crippen LogP contribution in [-0.2, 0) is 9.59 Å². The third-order valence-electron chi connectivity index (χ3n) is 3.51. The smallest absolute Gasteiger partial charge is 0.235 e. The molecule has 84 valence electrons. The van der Waals surface area contributed by atoms with E-state index in [1.165, 1.54) is 6.42 Å². The van der Waals surface area contributed by atoms with Gasteiger partial charge in [-0.1, -0.05) is 0 Å². The van der Waals surface area contributed by atoms with E-state index < -0.39 is 11.3 Å². The van der Waals surface area contributed by atoms with Crippen LogP contribution >= 0.6 is 11.6 Å². The summed E-state index contributed by atoms with van der Waals surface area (Å²) in [5, 5.41) is 2.29. The Hall–Kier alpha value is -0.770. The molecule has 1 saturated carbocycles. The number of alkyl halides is 1. The molecule has 1 aliphatic carbocycles. The largest absolute Gasteiger partial charge is 0.368 e. The summed E-state index contributed by atoms with van der Waals surface area (Å²) < 4.78 is 0. The van der Waals surface area contributed by atoms with Crippen LogP contribution in [0.4, 0.5) is 0 Å². The summed E-state index contributed by atoms with van der Waals surface area (Å²) in [4.78, 5) is 22.4. The molecule has 3 N–H and O–H groups in total. The van der Waals surface area contributed by atoms with Crippen LogP contribution in [0.15, 0.2) is 0 Å². The van der Waals surface area contributed by atoms with Gasteiger partial charge in [-0.2, -0.15) is 0 Å². The zero-order valence-electron chi connectivity index (χ0n) is 8.46. The predicted octanol–water partition coefficient (Wildman–Crippen LogP) is 0.528. The fourth-order valence-corrected chi connectivity index (χ4v) is 2.68. The lowest BCUT2D eigenvalue weighted by molar-refractivity contribution is -0.123. The Labute approximate surface area is 93.5 Å². The van der Waals surface area contributed by atoms with Crippen LogP contribution in [0.2, 0.25) is 0 Å². The second-order valence-electron chi connectivity index (χ2n) is 4.63. The van der Waals surface area contributed by atoms with Crippen molar-refractivity contribution in [3.63, 3.8) is 0 Å². The van der Waals surface area contributed by atoms with E-state index in [2.05, 4.69) is 5.32 Å². The van der Waals surface area contributed by atoms with E-state index in [-0.39, 0.29) is 17.4 Å². The van der Waals surface area contributed by atoms with Gasteiger partial charge in [0.15, 0.2) is 0 Å². The molecule has 2 rings (SSSR count). The molecule has 2 aliphatic rings. The highest BCUT2D eigenvalue weighted by atomic mass is 35.5. The summed E-state index contributed by atoms with van der Waals surface area (Å²) in [7, 11) is 0. The van der Waals surface area contributed by atoms with Crippen LogP contribution in [0.5, 0.6) is 0 Å². The second-order valence-corrected chi connectivity index (χ2v) is 5.16. The molecule has 0 aromatic rings. The number of hydrogen-bond acceptors (Lipinski definition) is 2. The van der Waals surface area contributed by atoms with Crippen molar-refractivity contribution in [3.05, 3.63) is 0 Å². The molecular formula is C10H15ClN2O2. The molecule has 15 heavy (non-hydrogen) atoms. The lowest BCUT2D eigenvalue weighted by Gasteiger charge is -2.38.